The number of rotatable bonds is 4. The van der Waals surface area contributed by atoms with Crippen LogP contribution < -0.4 is 4.72 Å². The number of nitrogens with one attached hydrogen (secondary N) is 1. The van der Waals surface area contributed by atoms with E-state index in [1.165, 1.54) is 18.2 Å². The Morgan fingerprint density at radius 1 is 1.14 bits per heavy atom. The molecule has 0 saturated carbocycles. The fourth-order valence-corrected chi connectivity index (χ4v) is 2.89. The van der Waals surface area contributed by atoms with Crippen LogP contribution in [0.3, 0.4) is 0 Å². The minimum atomic E-state index is -3.90. The van der Waals surface area contributed by atoms with Crippen molar-refractivity contribution < 1.29 is 22.7 Å². The lowest BCUT2D eigenvalue weighted by Crippen LogP contribution is -2.13. The molecule has 2 aromatic carbocycles. The van der Waals surface area contributed by atoms with Gasteiger partial charge in [-0.05, 0) is 42.5 Å². The van der Waals surface area contributed by atoms with Gasteiger partial charge in [0, 0.05) is 0 Å². The molecule has 0 heterocycles. The predicted molar refractivity (Wildman–Crippen MR) is 75.6 cm³/mol. The summed E-state index contributed by atoms with van der Waals surface area (Å²) >= 11 is 5.75. The summed E-state index contributed by atoms with van der Waals surface area (Å²) in [6, 6.07) is 7.93. The molecule has 0 aromatic heterocycles. The minimum absolute atomic E-state index is 0.0955. The molecule has 0 atom stereocenters. The lowest BCUT2D eigenvalue weighted by atomic mass is 10.2. The second-order valence-corrected chi connectivity index (χ2v) is 6.15. The smallest absolute Gasteiger partial charge is 0.337 e. The van der Waals surface area contributed by atoms with E-state index in [0.29, 0.717) is 0 Å². The number of sulfonamides is 1. The molecule has 0 spiro atoms. The van der Waals surface area contributed by atoms with Crippen LogP contribution in [0.4, 0.5) is 10.1 Å². The zero-order valence-corrected chi connectivity index (χ0v) is 12.0. The molecule has 5 nitrogen and oxygen atoms in total. The molecule has 0 amide bonds. The quantitative estimate of drug-likeness (QED) is 0.903. The van der Waals surface area contributed by atoms with Crippen LogP contribution in [0.5, 0.6) is 0 Å². The largest absolute Gasteiger partial charge is 0.478 e. The van der Waals surface area contributed by atoms with Crippen LogP contribution in [-0.4, -0.2) is 19.5 Å². The summed E-state index contributed by atoms with van der Waals surface area (Å²) in [7, 11) is -3.90. The maximum atomic E-state index is 12.8. The topological polar surface area (TPSA) is 83.5 Å². The van der Waals surface area contributed by atoms with Crippen molar-refractivity contribution in [3.05, 3.63) is 58.9 Å². The number of aromatic carboxylic acids is 1. The van der Waals surface area contributed by atoms with E-state index >= 15 is 0 Å². The summed E-state index contributed by atoms with van der Waals surface area (Å²) in [5.41, 5.74) is -0.0317. The maximum Gasteiger partial charge on any atom is 0.337 e. The molecule has 0 aliphatic rings. The van der Waals surface area contributed by atoms with Gasteiger partial charge in [0.25, 0.3) is 10.0 Å². The minimum Gasteiger partial charge on any atom is -0.478 e. The Balaban J connectivity index is 2.31. The zero-order chi connectivity index (χ0) is 15.6. The number of halogens is 2. The fourth-order valence-electron chi connectivity index (χ4n) is 1.58. The first-order valence-electron chi connectivity index (χ1n) is 5.61. The molecule has 8 heteroatoms. The van der Waals surface area contributed by atoms with Crippen LogP contribution in [0.1, 0.15) is 10.4 Å². The predicted octanol–water partition coefficient (Wildman–Crippen LogP) is 2.98. The molecule has 2 N–H and O–H groups in total. The second kappa shape index (κ2) is 5.71. The van der Waals surface area contributed by atoms with Crippen molar-refractivity contribution in [2.75, 3.05) is 4.72 Å². The molecule has 2 aromatic rings. The summed E-state index contributed by atoms with van der Waals surface area (Å²) in [4.78, 5) is 10.7. The fraction of sp³-hybridized carbons (Fsp3) is 0. The van der Waals surface area contributed by atoms with Gasteiger partial charge in [-0.25, -0.2) is 17.6 Å². The third kappa shape index (κ3) is 3.50. The van der Waals surface area contributed by atoms with Crippen LogP contribution in [-0.2, 0) is 10.0 Å². The lowest BCUT2D eigenvalue weighted by molar-refractivity contribution is 0.0697. The molecule has 0 aliphatic heterocycles. The van der Waals surface area contributed by atoms with Gasteiger partial charge in [0.1, 0.15) is 5.82 Å². The summed E-state index contributed by atoms with van der Waals surface area (Å²) in [5, 5.41) is 8.74. The van der Waals surface area contributed by atoms with Crippen LogP contribution in [0.2, 0.25) is 5.02 Å². The highest BCUT2D eigenvalue weighted by Gasteiger charge is 2.16. The molecule has 0 fully saturated rings. The number of carboxylic acid groups (broad SMARTS) is 1. The Morgan fingerprint density at radius 2 is 1.76 bits per heavy atom. The third-order valence-electron chi connectivity index (χ3n) is 2.58. The van der Waals surface area contributed by atoms with Crippen molar-refractivity contribution in [1.29, 1.82) is 0 Å². The monoisotopic (exact) mass is 329 g/mol. The molecule has 0 aliphatic carbocycles. The molecule has 2 rings (SSSR count). The Morgan fingerprint density at radius 3 is 2.29 bits per heavy atom. The lowest BCUT2D eigenvalue weighted by Gasteiger charge is -2.09. The Kier molecular flexibility index (Phi) is 4.15. The van der Waals surface area contributed by atoms with E-state index in [4.69, 9.17) is 16.7 Å². The number of benzene rings is 2. The number of hydrogen-bond acceptors (Lipinski definition) is 3. The summed E-state index contributed by atoms with van der Waals surface area (Å²) in [5.74, 6) is -1.77. The number of carboxylic acids is 1. The van der Waals surface area contributed by atoms with E-state index in [2.05, 4.69) is 4.72 Å². The van der Waals surface area contributed by atoms with Crippen molar-refractivity contribution in [2.45, 2.75) is 4.90 Å². The number of hydrogen-bond donors (Lipinski definition) is 2. The molecule has 0 radical (unpaired) electrons. The van der Waals surface area contributed by atoms with Gasteiger partial charge in [-0.3, -0.25) is 4.72 Å². The van der Waals surface area contributed by atoms with Gasteiger partial charge in [0.05, 0.1) is 21.2 Å². The van der Waals surface area contributed by atoms with Gasteiger partial charge in [-0.15, -0.1) is 0 Å². The number of anilines is 1. The highest BCUT2D eigenvalue weighted by molar-refractivity contribution is 7.92. The van der Waals surface area contributed by atoms with E-state index in [1.807, 2.05) is 0 Å². The standard InChI is InChI=1S/C13H9ClFNO4S/c14-12-7-9(3-6-11(12)13(17)18)16-21(19,20)10-4-1-8(15)2-5-10/h1-7,16H,(H,17,18). The van der Waals surface area contributed by atoms with E-state index in [-0.39, 0.29) is 21.2 Å². The second-order valence-electron chi connectivity index (χ2n) is 4.06. The highest BCUT2D eigenvalue weighted by atomic mass is 35.5. The van der Waals surface area contributed by atoms with Crippen LogP contribution in [0, 0.1) is 5.82 Å². The molecule has 110 valence electrons. The average Bonchev–Trinajstić information content (AvgIpc) is 2.38. The molecule has 21 heavy (non-hydrogen) atoms. The molecular formula is C13H9ClFNO4S. The van der Waals surface area contributed by atoms with E-state index in [0.717, 1.165) is 24.3 Å². The third-order valence-corrected chi connectivity index (χ3v) is 4.29. The molecule has 0 unspecified atom stereocenters. The van der Waals surface area contributed by atoms with Gasteiger partial charge in [0.15, 0.2) is 0 Å². The van der Waals surface area contributed by atoms with Crippen molar-refractivity contribution in [3.8, 4) is 0 Å². The van der Waals surface area contributed by atoms with Gasteiger partial charge < -0.3 is 5.11 Å². The molecular weight excluding hydrogens is 321 g/mol. The average molecular weight is 330 g/mol. The zero-order valence-electron chi connectivity index (χ0n) is 10.4. The first kappa shape index (κ1) is 15.3. The van der Waals surface area contributed by atoms with E-state index < -0.39 is 21.8 Å². The highest BCUT2D eigenvalue weighted by Crippen LogP contribution is 2.23. The Hall–Kier alpha value is -2.12. The molecule has 0 bridgehead atoms. The molecule has 0 saturated heterocycles. The van der Waals surface area contributed by atoms with Gasteiger partial charge in [-0.2, -0.15) is 0 Å². The van der Waals surface area contributed by atoms with Gasteiger partial charge in [-0.1, -0.05) is 11.6 Å². The van der Waals surface area contributed by atoms with Crippen molar-refractivity contribution >= 4 is 33.3 Å². The number of carbonyl (C=O) groups is 1. The van der Waals surface area contributed by atoms with Crippen molar-refractivity contribution in [1.82, 2.24) is 0 Å². The summed E-state index contributed by atoms with van der Waals surface area (Å²) in [6.07, 6.45) is 0. The SMILES string of the molecule is O=C(O)c1ccc(NS(=O)(=O)c2ccc(F)cc2)cc1Cl. The normalized spacial score (nSPS) is 11.1. The van der Waals surface area contributed by atoms with E-state index in [1.54, 1.807) is 0 Å². The first-order valence-corrected chi connectivity index (χ1v) is 7.47. The first-order chi connectivity index (χ1) is 9.79. The van der Waals surface area contributed by atoms with E-state index in [9.17, 15) is 17.6 Å². The van der Waals surface area contributed by atoms with Gasteiger partial charge >= 0.3 is 5.97 Å². The maximum absolute atomic E-state index is 12.8. The van der Waals surface area contributed by atoms with Crippen LogP contribution in [0.25, 0.3) is 0 Å². The van der Waals surface area contributed by atoms with Crippen molar-refractivity contribution in [2.24, 2.45) is 0 Å². The van der Waals surface area contributed by atoms with Crippen LogP contribution >= 0.6 is 11.6 Å². The summed E-state index contributed by atoms with van der Waals surface area (Å²) in [6.45, 7) is 0. The van der Waals surface area contributed by atoms with Gasteiger partial charge in [0.2, 0.25) is 0 Å². The Labute approximate surface area is 125 Å². The Bertz CT molecular complexity index is 790. The summed E-state index contributed by atoms with van der Waals surface area (Å²) < 4.78 is 39.1. The van der Waals surface area contributed by atoms with Crippen molar-refractivity contribution in [3.63, 3.8) is 0 Å². The van der Waals surface area contributed by atoms with Crippen LogP contribution in [0.15, 0.2) is 47.4 Å².